The first-order valence-corrected chi connectivity index (χ1v) is 12.0. The van der Waals surface area contributed by atoms with Crippen LogP contribution < -0.4 is 4.90 Å². The number of amides is 1. The Kier molecular flexibility index (Phi) is 6.11. The number of benzene rings is 1. The van der Waals surface area contributed by atoms with Gasteiger partial charge in [-0.2, -0.15) is 4.98 Å². The minimum absolute atomic E-state index is 0.110. The van der Waals surface area contributed by atoms with Crippen LogP contribution in [0, 0.1) is 18.8 Å². The van der Waals surface area contributed by atoms with Gasteiger partial charge in [0.15, 0.2) is 0 Å². The molecule has 3 aromatic rings. The number of carbonyl (C=O) groups excluding carboxylic acids is 1. The Bertz CT molecular complexity index is 1090. The van der Waals surface area contributed by atoms with E-state index in [0.29, 0.717) is 17.6 Å². The van der Waals surface area contributed by atoms with Crippen molar-refractivity contribution >= 4 is 11.7 Å². The van der Waals surface area contributed by atoms with E-state index in [4.69, 9.17) is 4.52 Å². The van der Waals surface area contributed by atoms with Crippen LogP contribution in [0.1, 0.15) is 38.2 Å². The summed E-state index contributed by atoms with van der Waals surface area (Å²) >= 11 is 0. The number of aromatic nitrogens is 3. The summed E-state index contributed by atoms with van der Waals surface area (Å²) in [4.78, 5) is 26.6. The number of piperidine rings is 2. The normalized spacial score (nSPS) is 18.0. The summed E-state index contributed by atoms with van der Waals surface area (Å²) < 4.78 is 5.63. The second-order valence-electron chi connectivity index (χ2n) is 9.43. The number of hydrogen-bond acceptors (Lipinski definition) is 6. The highest BCUT2D eigenvalue weighted by Gasteiger charge is 2.31. The van der Waals surface area contributed by atoms with Crippen LogP contribution in [0.15, 0.2) is 47.1 Å². The molecular weight excluding hydrogens is 414 g/mol. The molecule has 0 saturated carbocycles. The molecule has 1 aromatic carbocycles. The summed E-state index contributed by atoms with van der Waals surface area (Å²) in [6.07, 6.45) is 5.73. The predicted molar refractivity (Wildman–Crippen MR) is 128 cm³/mol. The van der Waals surface area contributed by atoms with E-state index in [1.165, 1.54) is 5.56 Å². The zero-order valence-corrected chi connectivity index (χ0v) is 19.4. The molecule has 0 radical (unpaired) electrons. The first-order valence-electron chi connectivity index (χ1n) is 12.0. The fourth-order valence-corrected chi connectivity index (χ4v) is 4.79. The van der Waals surface area contributed by atoms with Crippen LogP contribution in [0.5, 0.6) is 0 Å². The number of hydrogen-bond donors (Lipinski definition) is 0. The smallest absolute Gasteiger partial charge is 0.261 e. The average Bonchev–Trinajstić information content (AvgIpc) is 3.35. The average molecular weight is 446 g/mol. The summed E-state index contributed by atoms with van der Waals surface area (Å²) in [5, 5.41) is 4.19. The lowest BCUT2D eigenvalue weighted by molar-refractivity contribution is -0.137. The molecule has 7 heteroatoms. The molecule has 0 atom stereocenters. The molecule has 0 spiro atoms. The third-order valence-corrected chi connectivity index (χ3v) is 6.99. The largest absolute Gasteiger partial charge is 0.356 e. The Balaban J connectivity index is 1.28. The molecule has 5 rings (SSSR count). The van der Waals surface area contributed by atoms with Gasteiger partial charge in [-0.1, -0.05) is 41.9 Å². The van der Waals surface area contributed by atoms with Crippen LogP contribution in [-0.4, -0.2) is 52.1 Å². The van der Waals surface area contributed by atoms with Crippen LogP contribution in [0.3, 0.4) is 0 Å². The Labute approximate surface area is 194 Å². The number of pyridine rings is 1. The van der Waals surface area contributed by atoms with Crippen LogP contribution >= 0.6 is 0 Å². The standard InChI is InChI=1S/C26H31N5O2/c1-18-5-7-20(8-6-18)23-28-25(33-29-23)22-4-3-13-27-24(22)30-16-11-21(12-17-30)26(32)31-14-9-19(2)10-15-31/h3-8,13,19,21H,9-12,14-17H2,1-2H3. The van der Waals surface area contributed by atoms with Crippen LogP contribution in [-0.2, 0) is 4.79 Å². The molecule has 0 aliphatic carbocycles. The van der Waals surface area contributed by atoms with E-state index in [9.17, 15) is 4.79 Å². The molecule has 2 aliphatic heterocycles. The minimum Gasteiger partial charge on any atom is -0.356 e. The fraction of sp³-hybridized carbons (Fsp3) is 0.462. The van der Waals surface area contributed by atoms with Gasteiger partial charge >= 0.3 is 0 Å². The van der Waals surface area contributed by atoms with Crippen LogP contribution in [0.25, 0.3) is 22.8 Å². The number of carbonyl (C=O) groups is 1. The van der Waals surface area contributed by atoms with E-state index >= 15 is 0 Å². The number of nitrogens with zero attached hydrogens (tertiary/aromatic N) is 5. The molecule has 2 fully saturated rings. The van der Waals surface area contributed by atoms with Crippen molar-refractivity contribution in [3.63, 3.8) is 0 Å². The van der Waals surface area contributed by atoms with Gasteiger partial charge in [-0.15, -0.1) is 0 Å². The van der Waals surface area contributed by atoms with Crippen molar-refractivity contribution < 1.29 is 9.32 Å². The molecule has 33 heavy (non-hydrogen) atoms. The maximum atomic E-state index is 13.0. The summed E-state index contributed by atoms with van der Waals surface area (Å²) in [5.74, 6) is 3.05. The Morgan fingerprint density at radius 3 is 2.45 bits per heavy atom. The van der Waals surface area contributed by atoms with Gasteiger partial charge in [-0.25, -0.2) is 4.98 Å². The van der Waals surface area contributed by atoms with Gasteiger partial charge in [0, 0.05) is 43.9 Å². The molecule has 0 bridgehead atoms. The minimum atomic E-state index is 0.110. The van der Waals surface area contributed by atoms with Gasteiger partial charge in [0.1, 0.15) is 5.82 Å². The van der Waals surface area contributed by atoms with E-state index in [1.54, 1.807) is 6.20 Å². The van der Waals surface area contributed by atoms with E-state index < -0.39 is 0 Å². The van der Waals surface area contributed by atoms with Crippen molar-refractivity contribution in [3.8, 4) is 22.8 Å². The molecule has 0 unspecified atom stereocenters. The second kappa shape index (κ2) is 9.33. The lowest BCUT2D eigenvalue weighted by Crippen LogP contribution is -2.45. The zero-order chi connectivity index (χ0) is 22.8. The monoisotopic (exact) mass is 445 g/mol. The third kappa shape index (κ3) is 4.63. The van der Waals surface area contributed by atoms with E-state index in [0.717, 1.165) is 74.7 Å². The third-order valence-electron chi connectivity index (χ3n) is 6.99. The highest BCUT2D eigenvalue weighted by molar-refractivity contribution is 5.79. The van der Waals surface area contributed by atoms with Crippen LogP contribution in [0.2, 0.25) is 0 Å². The Hall–Kier alpha value is -3.22. The first-order chi connectivity index (χ1) is 16.1. The molecule has 1 amide bonds. The maximum Gasteiger partial charge on any atom is 0.261 e. The Morgan fingerprint density at radius 2 is 1.73 bits per heavy atom. The van der Waals surface area contributed by atoms with Crippen molar-refractivity contribution in [2.45, 2.75) is 39.5 Å². The lowest BCUT2D eigenvalue weighted by atomic mass is 9.92. The topological polar surface area (TPSA) is 75.4 Å². The van der Waals surface area contributed by atoms with E-state index in [-0.39, 0.29) is 5.92 Å². The SMILES string of the molecule is Cc1ccc(-c2noc(-c3cccnc3N3CCC(C(=O)N4CCC(C)CC4)CC3)n2)cc1. The highest BCUT2D eigenvalue weighted by Crippen LogP contribution is 2.32. The number of likely N-dealkylation sites (tertiary alicyclic amines) is 1. The maximum absolute atomic E-state index is 13.0. The van der Waals surface area contributed by atoms with Gasteiger partial charge < -0.3 is 14.3 Å². The molecule has 7 nitrogen and oxygen atoms in total. The highest BCUT2D eigenvalue weighted by atomic mass is 16.5. The molecule has 4 heterocycles. The second-order valence-corrected chi connectivity index (χ2v) is 9.43. The van der Waals surface area contributed by atoms with E-state index in [1.807, 2.05) is 36.4 Å². The van der Waals surface area contributed by atoms with Crippen LogP contribution in [0.4, 0.5) is 5.82 Å². The molecule has 2 saturated heterocycles. The fourth-order valence-electron chi connectivity index (χ4n) is 4.79. The summed E-state index contributed by atoms with van der Waals surface area (Å²) in [5.41, 5.74) is 2.94. The number of rotatable bonds is 4. The summed E-state index contributed by atoms with van der Waals surface area (Å²) in [6, 6.07) is 11.9. The number of aryl methyl sites for hydroxylation is 1. The van der Waals surface area contributed by atoms with Gasteiger partial charge in [-0.3, -0.25) is 4.79 Å². The predicted octanol–water partition coefficient (Wildman–Crippen LogP) is 4.58. The molecule has 0 N–H and O–H groups in total. The van der Waals surface area contributed by atoms with Crippen molar-refractivity contribution in [3.05, 3.63) is 48.2 Å². The van der Waals surface area contributed by atoms with E-state index in [2.05, 4.69) is 38.8 Å². The summed E-state index contributed by atoms with van der Waals surface area (Å²) in [7, 11) is 0. The van der Waals surface area contributed by atoms with Gasteiger partial charge in [0.2, 0.25) is 11.7 Å². The molecule has 2 aliphatic rings. The van der Waals surface area contributed by atoms with Crippen molar-refractivity contribution in [2.24, 2.45) is 11.8 Å². The van der Waals surface area contributed by atoms with Crippen molar-refractivity contribution in [1.29, 1.82) is 0 Å². The zero-order valence-electron chi connectivity index (χ0n) is 19.4. The quantitative estimate of drug-likeness (QED) is 0.585. The van der Waals surface area contributed by atoms with Gasteiger partial charge in [0.05, 0.1) is 5.56 Å². The molecule has 172 valence electrons. The molecular formula is C26H31N5O2. The van der Waals surface area contributed by atoms with Crippen molar-refractivity contribution in [1.82, 2.24) is 20.0 Å². The number of anilines is 1. The van der Waals surface area contributed by atoms with Crippen molar-refractivity contribution in [2.75, 3.05) is 31.1 Å². The van der Waals surface area contributed by atoms with Gasteiger partial charge in [-0.05, 0) is 50.7 Å². The first kappa shape index (κ1) is 21.6. The molecule has 2 aromatic heterocycles. The lowest BCUT2D eigenvalue weighted by Gasteiger charge is -2.37. The summed E-state index contributed by atoms with van der Waals surface area (Å²) in [6.45, 7) is 7.73. The van der Waals surface area contributed by atoms with Gasteiger partial charge in [0.25, 0.3) is 5.89 Å². The Morgan fingerprint density at radius 1 is 1.00 bits per heavy atom.